The van der Waals surface area contributed by atoms with E-state index in [9.17, 15) is 19.2 Å². The second-order valence-corrected chi connectivity index (χ2v) is 23.2. The molecule has 4 amide bonds. The summed E-state index contributed by atoms with van der Waals surface area (Å²) in [5.74, 6) is 1.15. The Hall–Kier alpha value is -6.23. The summed E-state index contributed by atoms with van der Waals surface area (Å²) in [4.78, 5) is 69.4. The Balaban J connectivity index is 0.787. The number of hydrogen-bond acceptors (Lipinski definition) is 11. The zero-order valence-electron chi connectivity index (χ0n) is 42.2. The van der Waals surface area contributed by atoms with Crippen molar-refractivity contribution in [3.05, 3.63) is 133 Å². The van der Waals surface area contributed by atoms with E-state index >= 15 is 0 Å². The third kappa shape index (κ3) is 10.8. The van der Waals surface area contributed by atoms with Crippen molar-refractivity contribution in [1.82, 2.24) is 40.6 Å². The Kier molecular flexibility index (Phi) is 14.6. The Bertz CT molecular complexity index is 3040. The molecule has 5 atom stereocenters. The van der Waals surface area contributed by atoms with Crippen LogP contribution in [0.5, 0.6) is 5.75 Å². The quantitative estimate of drug-likeness (QED) is 0.0968. The monoisotopic (exact) mass is 1030 g/mol. The average Bonchev–Trinajstić information content (AvgIpc) is 4.09. The summed E-state index contributed by atoms with van der Waals surface area (Å²) >= 11 is 9.55. The minimum Gasteiger partial charge on any atom is -0.490 e. The molecule has 3 aromatic carbocycles. The molecule has 3 aromatic heterocycles. The lowest BCUT2D eigenvalue weighted by Gasteiger charge is -2.36. The molecule has 17 heteroatoms. The van der Waals surface area contributed by atoms with Gasteiger partial charge in [-0.05, 0) is 98.9 Å². The van der Waals surface area contributed by atoms with Gasteiger partial charge in [0.15, 0.2) is 5.82 Å². The van der Waals surface area contributed by atoms with Crippen LogP contribution in [0.3, 0.4) is 0 Å². The fourth-order valence-corrected chi connectivity index (χ4v) is 12.1. The van der Waals surface area contributed by atoms with Gasteiger partial charge < -0.3 is 25.6 Å². The number of fused-ring (bicyclic) bond motifs is 3. The number of carbonyl (C=O) groups excluding carboxylic acids is 4. The molecule has 6 aromatic rings. The van der Waals surface area contributed by atoms with Crippen LogP contribution in [0.2, 0.25) is 5.02 Å². The average molecular weight is 1030 g/mol. The molecule has 72 heavy (non-hydrogen) atoms. The van der Waals surface area contributed by atoms with E-state index in [1.807, 2.05) is 131 Å². The normalized spacial score (nSPS) is 20.3. The van der Waals surface area contributed by atoms with E-state index in [0.717, 1.165) is 60.5 Å². The summed E-state index contributed by atoms with van der Waals surface area (Å²) in [7, 11) is 0. The molecule has 3 N–H and O–H groups in total. The molecule has 1 saturated carbocycles. The lowest BCUT2D eigenvalue weighted by molar-refractivity contribution is -0.144. The van der Waals surface area contributed by atoms with Crippen molar-refractivity contribution in [2.24, 2.45) is 16.3 Å². The van der Waals surface area contributed by atoms with Gasteiger partial charge >= 0.3 is 0 Å². The number of aryl methyl sites for hydroxylation is 3. The third-order valence-electron chi connectivity index (χ3n) is 14.1. The molecule has 1 aliphatic carbocycles. The van der Waals surface area contributed by atoms with Crippen molar-refractivity contribution in [1.29, 1.82) is 0 Å². The third-order valence-corrected chi connectivity index (χ3v) is 16.5. The molecular formula is C55H62ClN9O5S2. The smallest absolute Gasteiger partial charge is 0.246 e. The largest absolute Gasteiger partial charge is 0.490 e. The van der Waals surface area contributed by atoms with Gasteiger partial charge in [-0.2, -0.15) is 0 Å². The number of likely N-dealkylation sites (tertiary alicyclic amines) is 1. The highest BCUT2D eigenvalue weighted by atomic mass is 35.5. The Morgan fingerprint density at radius 2 is 1.62 bits per heavy atom. The predicted molar refractivity (Wildman–Crippen MR) is 283 cm³/mol. The Labute approximate surface area is 434 Å². The van der Waals surface area contributed by atoms with Crippen LogP contribution in [0, 0.1) is 39.0 Å². The fourth-order valence-electron chi connectivity index (χ4n) is 9.94. The number of thiophene rings is 1. The fraction of sp³-hybridized carbons (Fsp3) is 0.418. The number of aromatic nitrogens is 4. The van der Waals surface area contributed by atoms with E-state index in [-0.39, 0.29) is 60.6 Å². The molecule has 2 fully saturated rings. The van der Waals surface area contributed by atoms with E-state index in [1.54, 1.807) is 27.6 Å². The number of nitrogens with zero attached hydrogens (tertiary/aromatic N) is 6. The van der Waals surface area contributed by atoms with E-state index in [2.05, 4.69) is 45.0 Å². The van der Waals surface area contributed by atoms with Crippen LogP contribution in [0.25, 0.3) is 15.4 Å². The lowest BCUT2D eigenvalue weighted by Crippen LogP contribution is -2.58. The maximum Gasteiger partial charge on any atom is 0.246 e. The van der Waals surface area contributed by atoms with Crippen molar-refractivity contribution in [2.45, 2.75) is 131 Å². The molecular weight excluding hydrogens is 966 g/mol. The summed E-state index contributed by atoms with van der Waals surface area (Å²) in [6.45, 7) is 18.3. The lowest BCUT2D eigenvalue weighted by atomic mass is 9.85. The first-order valence-electron chi connectivity index (χ1n) is 24.6. The standard InChI is InChI=1S/C55H62ClN9O5S2/c1-29-21-44(52(68)58-31(3)36-13-15-38(16-14-36)49-32(4)57-28-71-49)64(27-29)53(69)50(55(7,8)9)61-45(66)23-35-11-10-12-41(22-35)70-42-24-40(25-42)59-46(67)26-43-51-63-62-34(6)65(51)54-47(30(2)33(5)72-54)48(60-43)37-17-19-39(56)20-18-37/h10-20,22,28-29,31,40,42-44,50H,21,23-27H2,1-9H3,(H,58,68)(H,59,67)(H,61,66)/t29-,31+,40?,42?,43+,44?,50-/m1/s1. The molecule has 0 bridgehead atoms. The number of aliphatic imine (C=N–C) groups is 1. The highest BCUT2D eigenvalue weighted by Crippen LogP contribution is 2.40. The number of ether oxygens (including phenoxy) is 1. The summed E-state index contributed by atoms with van der Waals surface area (Å²) in [6, 6.07) is 20.7. The molecule has 2 aliphatic heterocycles. The molecule has 5 heterocycles. The van der Waals surface area contributed by atoms with Crippen LogP contribution in [0.1, 0.15) is 122 Å². The van der Waals surface area contributed by atoms with Crippen LogP contribution in [-0.2, 0) is 25.6 Å². The first kappa shape index (κ1) is 50.7. The summed E-state index contributed by atoms with van der Waals surface area (Å²) in [6.07, 6.45) is 1.76. The molecule has 0 spiro atoms. The van der Waals surface area contributed by atoms with Crippen LogP contribution >= 0.6 is 34.3 Å². The van der Waals surface area contributed by atoms with Crippen molar-refractivity contribution < 1.29 is 23.9 Å². The van der Waals surface area contributed by atoms with E-state index in [1.165, 1.54) is 4.88 Å². The van der Waals surface area contributed by atoms with E-state index < -0.39 is 23.5 Å². The number of hydrogen-bond donors (Lipinski definition) is 3. The second kappa shape index (κ2) is 20.7. The zero-order valence-corrected chi connectivity index (χ0v) is 44.6. The van der Waals surface area contributed by atoms with Gasteiger partial charge in [-0.3, -0.25) is 28.7 Å². The number of rotatable bonds is 14. The van der Waals surface area contributed by atoms with Crippen LogP contribution in [0.4, 0.5) is 0 Å². The number of halogens is 1. The molecule has 1 saturated heterocycles. The molecule has 9 rings (SSSR count). The number of amides is 4. The van der Waals surface area contributed by atoms with Crippen molar-refractivity contribution in [2.75, 3.05) is 6.54 Å². The number of nitrogens with one attached hydrogen (secondary N) is 3. The summed E-state index contributed by atoms with van der Waals surface area (Å²) in [5, 5.41) is 20.0. The molecule has 376 valence electrons. The van der Waals surface area contributed by atoms with Crippen LogP contribution < -0.4 is 20.7 Å². The van der Waals surface area contributed by atoms with Crippen LogP contribution in [0.15, 0.2) is 83.3 Å². The van der Waals surface area contributed by atoms with Gasteiger partial charge in [0.1, 0.15) is 40.8 Å². The topological polar surface area (TPSA) is 173 Å². The Morgan fingerprint density at radius 3 is 2.32 bits per heavy atom. The van der Waals surface area contributed by atoms with Gasteiger partial charge in [-0.15, -0.1) is 32.9 Å². The Morgan fingerprint density at radius 1 is 0.903 bits per heavy atom. The number of benzene rings is 3. The number of carbonyl (C=O) groups is 4. The number of thiazole rings is 1. The second-order valence-electron chi connectivity index (χ2n) is 20.7. The summed E-state index contributed by atoms with van der Waals surface area (Å²) in [5.41, 5.74) is 8.79. The first-order valence-corrected chi connectivity index (χ1v) is 26.7. The minimum atomic E-state index is -0.864. The van der Waals surface area contributed by atoms with Gasteiger partial charge in [0, 0.05) is 46.5 Å². The molecule has 1 unspecified atom stereocenters. The van der Waals surface area contributed by atoms with Gasteiger partial charge in [0.2, 0.25) is 23.6 Å². The van der Waals surface area contributed by atoms with Crippen molar-refractivity contribution in [3.8, 4) is 21.2 Å². The molecule has 14 nitrogen and oxygen atoms in total. The zero-order chi connectivity index (χ0) is 51.2. The van der Waals surface area contributed by atoms with Gasteiger partial charge in [0.25, 0.3) is 0 Å². The van der Waals surface area contributed by atoms with E-state index in [4.69, 9.17) is 21.3 Å². The predicted octanol–water partition coefficient (Wildman–Crippen LogP) is 9.54. The molecule has 3 aliphatic rings. The molecule has 0 radical (unpaired) electrons. The van der Waals surface area contributed by atoms with Crippen LogP contribution in [-0.4, -0.2) is 84.8 Å². The van der Waals surface area contributed by atoms with Gasteiger partial charge in [-0.25, -0.2) is 4.98 Å². The van der Waals surface area contributed by atoms with Gasteiger partial charge in [0.05, 0.1) is 40.7 Å². The van der Waals surface area contributed by atoms with Gasteiger partial charge in [-0.1, -0.05) is 87.8 Å². The maximum absolute atomic E-state index is 14.4. The van der Waals surface area contributed by atoms with Crippen molar-refractivity contribution in [3.63, 3.8) is 0 Å². The first-order chi connectivity index (χ1) is 34.3. The highest BCUT2D eigenvalue weighted by Gasteiger charge is 2.44. The van der Waals surface area contributed by atoms with Crippen molar-refractivity contribution >= 4 is 63.6 Å². The SMILES string of the molecule is Cc1ncsc1-c1ccc([C@H](C)NC(=O)C2C[C@@H](C)CN2C(=O)[C@@H](NC(=O)Cc2cccc(OC3CC(NC(=O)C[C@@H]4N=C(c5ccc(Cl)cc5)c5c(sc(C)c5C)-n5c(C)nnc54)C3)c2)C(C)(C)C)cc1. The maximum atomic E-state index is 14.4. The summed E-state index contributed by atoms with van der Waals surface area (Å²) < 4.78 is 8.39. The highest BCUT2D eigenvalue weighted by molar-refractivity contribution is 7.15. The van der Waals surface area contributed by atoms with E-state index in [0.29, 0.717) is 42.4 Å². The minimum absolute atomic E-state index is 0.0307.